The van der Waals surface area contributed by atoms with Crippen molar-refractivity contribution in [1.82, 2.24) is 5.32 Å². The average Bonchev–Trinajstić information content (AvgIpc) is 2.16. The molecule has 1 unspecified atom stereocenters. The number of benzene rings is 1. The van der Waals surface area contributed by atoms with Gasteiger partial charge in [0.2, 0.25) is 6.41 Å². The Balaban J connectivity index is 2.84. The predicted octanol–water partition coefficient (Wildman–Crippen LogP) is 1.44. The number of rotatable bonds is 4. The van der Waals surface area contributed by atoms with Crippen molar-refractivity contribution in [2.45, 2.75) is 6.04 Å². The lowest BCUT2D eigenvalue weighted by molar-refractivity contribution is -0.115. The second-order valence-corrected chi connectivity index (χ2v) is 3.37. The van der Waals surface area contributed by atoms with Crippen molar-refractivity contribution >= 4 is 28.6 Å². The van der Waals surface area contributed by atoms with Gasteiger partial charge in [-0.2, -0.15) is 0 Å². The first-order valence-corrected chi connectivity index (χ1v) is 4.47. The molecular weight excluding hydrogens is 234 g/mol. The Hall–Kier alpha value is -1.16. The molecule has 13 heavy (non-hydrogen) atoms. The molecule has 1 atom stereocenters. The van der Waals surface area contributed by atoms with Crippen LogP contribution in [0.2, 0.25) is 0 Å². The van der Waals surface area contributed by atoms with E-state index in [0.29, 0.717) is 12.7 Å². The van der Waals surface area contributed by atoms with Crippen molar-refractivity contribution in [3.8, 4) is 0 Å². The standard InChI is InChI=1S/C9H8BrNO2/c10-8-3-1-7(2-4-8)9(5-12)11-6-13/h1-6,9H,(H,11,13). The molecule has 0 radical (unpaired) electrons. The first-order chi connectivity index (χ1) is 6.27. The summed E-state index contributed by atoms with van der Waals surface area (Å²) in [6.45, 7) is 0. The Kier molecular flexibility index (Phi) is 3.64. The third kappa shape index (κ3) is 2.66. The largest absolute Gasteiger partial charge is 0.345 e. The van der Waals surface area contributed by atoms with Gasteiger partial charge < -0.3 is 10.1 Å². The molecule has 1 amide bonds. The summed E-state index contributed by atoms with van der Waals surface area (Å²) in [4.78, 5) is 20.7. The third-order valence-electron chi connectivity index (χ3n) is 1.61. The van der Waals surface area contributed by atoms with E-state index < -0.39 is 6.04 Å². The second kappa shape index (κ2) is 4.77. The van der Waals surface area contributed by atoms with Crippen LogP contribution in [0.1, 0.15) is 11.6 Å². The molecule has 0 aliphatic carbocycles. The number of hydrogen-bond acceptors (Lipinski definition) is 2. The summed E-state index contributed by atoms with van der Waals surface area (Å²) in [5, 5.41) is 2.40. The summed E-state index contributed by atoms with van der Waals surface area (Å²) >= 11 is 3.28. The summed E-state index contributed by atoms with van der Waals surface area (Å²) in [7, 11) is 0. The molecule has 4 heteroatoms. The fraction of sp³-hybridized carbons (Fsp3) is 0.111. The first kappa shape index (κ1) is 9.92. The van der Waals surface area contributed by atoms with Gasteiger partial charge in [-0.25, -0.2) is 0 Å². The minimum atomic E-state index is -0.550. The predicted molar refractivity (Wildman–Crippen MR) is 52.1 cm³/mol. The summed E-state index contributed by atoms with van der Waals surface area (Å²) in [5.74, 6) is 0. The normalized spacial score (nSPS) is 11.8. The van der Waals surface area contributed by atoms with Gasteiger partial charge in [-0.1, -0.05) is 28.1 Å². The molecule has 0 saturated heterocycles. The molecule has 0 spiro atoms. The van der Waals surface area contributed by atoms with E-state index in [2.05, 4.69) is 21.2 Å². The number of hydrogen-bond donors (Lipinski definition) is 1. The smallest absolute Gasteiger partial charge is 0.207 e. The molecule has 3 nitrogen and oxygen atoms in total. The highest BCUT2D eigenvalue weighted by Crippen LogP contribution is 2.14. The molecule has 0 heterocycles. The van der Waals surface area contributed by atoms with Crippen molar-refractivity contribution in [2.75, 3.05) is 0 Å². The number of amides is 1. The van der Waals surface area contributed by atoms with Gasteiger partial charge >= 0.3 is 0 Å². The van der Waals surface area contributed by atoms with Gasteiger partial charge in [0.25, 0.3) is 0 Å². The van der Waals surface area contributed by atoms with Crippen LogP contribution in [0.3, 0.4) is 0 Å². The lowest BCUT2D eigenvalue weighted by atomic mass is 10.1. The highest BCUT2D eigenvalue weighted by molar-refractivity contribution is 9.10. The minimum Gasteiger partial charge on any atom is -0.345 e. The van der Waals surface area contributed by atoms with Gasteiger partial charge in [0, 0.05) is 4.47 Å². The summed E-state index contributed by atoms with van der Waals surface area (Å²) in [6.07, 6.45) is 1.21. The molecular formula is C9H8BrNO2. The third-order valence-corrected chi connectivity index (χ3v) is 2.14. The lowest BCUT2D eigenvalue weighted by Crippen LogP contribution is -2.20. The van der Waals surface area contributed by atoms with E-state index in [9.17, 15) is 9.59 Å². The van der Waals surface area contributed by atoms with Crippen molar-refractivity contribution < 1.29 is 9.59 Å². The Morgan fingerprint density at radius 2 is 1.85 bits per heavy atom. The quantitative estimate of drug-likeness (QED) is 0.812. The first-order valence-electron chi connectivity index (χ1n) is 3.68. The second-order valence-electron chi connectivity index (χ2n) is 2.45. The molecule has 0 aliphatic rings. The monoisotopic (exact) mass is 241 g/mol. The number of halogens is 1. The van der Waals surface area contributed by atoms with Crippen molar-refractivity contribution in [2.24, 2.45) is 0 Å². The van der Waals surface area contributed by atoms with Crippen LogP contribution in [-0.2, 0) is 9.59 Å². The fourth-order valence-electron chi connectivity index (χ4n) is 0.957. The van der Waals surface area contributed by atoms with Crippen LogP contribution in [0.4, 0.5) is 0 Å². The summed E-state index contributed by atoms with van der Waals surface area (Å²) in [6, 6.07) is 6.64. The number of aldehydes is 1. The molecule has 0 aromatic heterocycles. The Bertz CT molecular complexity index is 297. The Labute approximate surface area is 84.3 Å². The van der Waals surface area contributed by atoms with Crippen LogP contribution in [0.15, 0.2) is 28.7 Å². The molecule has 1 aromatic carbocycles. The van der Waals surface area contributed by atoms with Crippen LogP contribution in [-0.4, -0.2) is 12.7 Å². The SMILES string of the molecule is O=CNC(C=O)c1ccc(Br)cc1. The zero-order valence-corrected chi connectivity index (χ0v) is 8.32. The Morgan fingerprint density at radius 1 is 1.23 bits per heavy atom. The van der Waals surface area contributed by atoms with Crippen LogP contribution in [0.5, 0.6) is 0 Å². The van der Waals surface area contributed by atoms with E-state index in [0.717, 1.165) is 10.0 Å². The molecule has 1 N–H and O–H groups in total. The number of nitrogens with one attached hydrogen (secondary N) is 1. The lowest BCUT2D eigenvalue weighted by Gasteiger charge is -2.08. The van der Waals surface area contributed by atoms with E-state index in [-0.39, 0.29) is 0 Å². The molecule has 0 fully saturated rings. The summed E-state index contributed by atoms with van der Waals surface area (Å²) < 4.78 is 0.937. The molecule has 68 valence electrons. The molecule has 1 rings (SSSR count). The van der Waals surface area contributed by atoms with E-state index in [4.69, 9.17) is 0 Å². The van der Waals surface area contributed by atoms with E-state index in [1.807, 2.05) is 12.1 Å². The van der Waals surface area contributed by atoms with Gasteiger partial charge in [-0.05, 0) is 17.7 Å². The van der Waals surface area contributed by atoms with Crippen LogP contribution in [0.25, 0.3) is 0 Å². The average molecular weight is 242 g/mol. The maximum Gasteiger partial charge on any atom is 0.207 e. The van der Waals surface area contributed by atoms with E-state index >= 15 is 0 Å². The van der Waals surface area contributed by atoms with Crippen LogP contribution in [0, 0.1) is 0 Å². The molecule has 0 aliphatic heterocycles. The Morgan fingerprint density at radius 3 is 2.31 bits per heavy atom. The van der Waals surface area contributed by atoms with Gasteiger partial charge in [0.05, 0.1) is 0 Å². The molecule has 1 aromatic rings. The van der Waals surface area contributed by atoms with E-state index in [1.54, 1.807) is 12.1 Å². The fourth-order valence-corrected chi connectivity index (χ4v) is 1.22. The topological polar surface area (TPSA) is 46.2 Å². The van der Waals surface area contributed by atoms with Gasteiger partial charge in [-0.3, -0.25) is 4.79 Å². The number of carbonyl (C=O) groups is 2. The van der Waals surface area contributed by atoms with Gasteiger partial charge in [0.15, 0.2) is 0 Å². The van der Waals surface area contributed by atoms with Crippen molar-refractivity contribution in [3.63, 3.8) is 0 Å². The van der Waals surface area contributed by atoms with Crippen molar-refractivity contribution in [3.05, 3.63) is 34.3 Å². The van der Waals surface area contributed by atoms with Crippen LogP contribution < -0.4 is 5.32 Å². The van der Waals surface area contributed by atoms with E-state index in [1.165, 1.54) is 0 Å². The zero-order chi connectivity index (χ0) is 9.68. The maximum absolute atomic E-state index is 10.5. The molecule has 0 saturated carbocycles. The summed E-state index contributed by atoms with van der Waals surface area (Å²) in [5.41, 5.74) is 0.769. The van der Waals surface area contributed by atoms with Crippen LogP contribution >= 0.6 is 15.9 Å². The molecule has 0 bridgehead atoms. The zero-order valence-electron chi connectivity index (χ0n) is 6.74. The van der Waals surface area contributed by atoms with Crippen molar-refractivity contribution in [1.29, 1.82) is 0 Å². The highest BCUT2D eigenvalue weighted by Gasteiger charge is 2.07. The number of carbonyl (C=O) groups excluding carboxylic acids is 2. The van der Waals surface area contributed by atoms with Gasteiger partial charge in [-0.15, -0.1) is 0 Å². The van der Waals surface area contributed by atoms with Gasteiger partial charge in [0.1, 0.15) is 12.3 Å². The maximum atomic E-state index is 10.5. The highest BCUT2D eigenvalue weighted by atomic mass is 79.9. The minimum absolute atomic E-state index is 0.515.